The van der Waals surface area contributed by atoms with Crippen LogP contribution in [-0.2, 0) is 6.42 Å². The number of hydrogen-bond donors (Lipinski definition) is 0. The van der Waals surface area contributed by atoms with Gasteiger partial charge in [-0.3, -0.25) is 0 Å². The van der Waals surface area contributed by atoms with Crippen molar-refractivity contribution in [3.8, 4) is 9.31 Å². The van der Waals surface area contributed by atoms with Gasteiger partial charge in [0.2, 0.25) is 0 Å². The van der Waals surface area contributed by atoms with E-state index in [0.717, 1.165) is 6.42 Å². The molecule has 0 aliphatic heterocycles. The molecular weight excluding hydrogens is 243 g/mol. The third-order valence-electron chi connectivity index (χ3n) is 1.86. The van der Waals surface area contributed by atoms with Crippen LogP contribution in [0.15, 0.2) is 41.2 Å². The van der Waals surface area contributed by atoms with Crippen LogP contribution >= 0.6 is 11.3 Å². The molecule has 0 amide bonds. The molecule has 0 aliphatic rings. The zero-order valence-electron chi connectivity index (χ0n) is 7.19. The summed E-state index contributed by atoms with van der Waals surface area (Å²) < 4.78 is 1.51. The topological polar surface area (TPSA) is 0 Å². The fourth-order valence-corrected chi connectivity index (χ4v) is 4.15. The van der Waals surface area contributed by atoms with E-state index in [1.807, 2.05) is 17.4 Å². The molecule has 2 aromatic rings. The first-order chi connectivity index (χ1) is 6.42. The van der Waals surface area contributed by atoms with Gasteiger partial charge in [-0.05, 0) is 0 Å². The van der Waals surface area contributed by atoms with E-state index in [1.165, 1.54) is 14.9 Å². The fraction of sp³-hybridized carbons (Fsp3) is 0.0909. The first-order valence-corrected chi connectivity index (χ1v) is 6.85. The molecule has 0 nitrogen and oxygen atoms in total. The van der Waals surface area contributed by atoms with Crippen LogP contribution in [0.3, 0.4) is 0 Å². The third-order valence-corrected chi connectivity index (χ3v) is 5.00. The average Bonchev–Trinajstić information content (AvgIpc) is 2.71. The molecule has 0 unspecified atom stereocenters. The number of allylic oxidation sites excluding steroid dienone is 1. The minimum atomic E-state index is 0.556. The van der Waals surface area contributed by atoms with Crippen molar-refractivity contribution in [1.82, 2.24) is 0 Å². The van der Waals surface area contributed by atoms with Crippen LogP contribution in [0.2, 0.25) is 0 Å². The molecule has 0 saturated heterocycles. The molecule has 0 fully saturated rings. The molecule has 0 N–H and O–H groups in total. The van der Waals surface area contributed by atoms with Gasteiger partial charge < -0.3 is 0 Å². The molecule has 2 aromatic heterocycles. The van der Waals surface area contributed by atoms with Crippen molar-refractivity contribution in [2.75, 3.05) is 0 Å². The van der Waals surface area contributed by atoms with Crippen LogP contribution < -0.4 is 0 Å². The van der Waals surface area contributed by atoms with Crippen LogP contribution in [0.25, 0.3) is 9.31 Å². The second-order valence-electron chi connectivity index (χ2n) is 2.75. The van der Waals surface area contributed by atoms with E-state index in [2.05, 4.69) is 35.1 Å². The predicted molar refractivity (Wildman–Crippen MR) is 60.6 cm³/mol. The Balaban J connectivity index is 2.40. The standard InChI is InChI=1S/C11H10SSe/c1-2-4-9-6-7-12-11(9)10-5-3-8-13-10/h2-3,5-8H,1,4H2. The Labute approximate surface area is 88.3 Å². The Morgan fingerprint density at radius 3 is 3.08 bits per heavy atom. The summed E-state index contributed by atoms with van der Waals surface area (Å²) in [5.74, 6) is 0. The van der Waals surface area contributed by atoms with Crippen LogP contribution in [0.4, 0.5) is 0 Å². The maximum absolute atomic E-state index is 3.78. The summed E-state index contributed by atoms with van der Waals surface area (Å²) in [6.45, 7) is 3.78. The number of thiophene rings is 1. The first kappa shape index (κ1) is 9.01. The van der Waals surface area contributed by atoms with Gasteiger partial charge in [-0.15, -0.1) is 0 Å². The second-order valence-corrected chi connectivity index (χ2v) is 5.65. The van der Waals surface area contributed by atoms with Crippen LogP contribution in [-0.4, -0.2) is 14.5 Å². The Bertz CT molecular complexity index is 384. The second kappa shape index (κ2) is 4.10. The summed E-state index contributed by atoms with van der Waals surface area (Å²) >= 11 is 2.40. The van der Waals surface area contributed by atoms with E-state index in [-0.39, 0.29) is 0 Å². The molecule has 2 rings (SSSR count). The van der Waals surface area contributed by atoms with Crippen molar-refractivity contribution < 1.29 is 0 Å². The van der Waals surface area contributed by atoms with E-state index in [0.29, 0.717) is 14.5 Å². The summed E-state index contributed by atoms with van der Waals surface area (Å²) in [5.41, 5.74) is 1.43. The maximum atomic E-state index is 3.78. The molecule has 13 heavy (non-hydrogen) atoms. The van der Waals surface area contributed by atoms with Gasteiger partial charge in [0, 0.05) is 0 Å². The molecule has 0 radical (unpaired) electrons. The van der Waals surface area contributed by atoms with E-state index in [1.54, 1.807) is 0 Å². The normalized spacial score (nSPS) is 10.2. The van der Waals surface area contributed by atoms with Crippen molar-refractivity contribution >= 4 is 25.8 Å². The van der Waals surface area contributed by atoms with Gasteiger partial charge in [-0.1, -0.05) is 0 Å². The zero-order valence-corrected chi connectivity index (χ0v) is 9.72. The summed E-state index contributed by atoms with van der Waals surface area (Å²) in [4.78, 5) is 3.73. The van der Waals surface area contributed by atoms with Gasteiger partial charge >= 0.3 is 88.3 Å². The van der Waals surface area contributed by atoms with Gasteiger partial charge in [0.15, 0.2) is 0 Å². The van der Waals surface area contributed by atoms with E-state index in [9.17, 15) is 0 Å². The molecule has 0 saturated carbocycles. The van der Waals surface area contributed by atoms with Crippen molar-refractivity contribution in [3.63, 3.8) is 0 Å². The summed E-state index contributed by atoms with van der Waals surface area (Å²) in [7, 11) is 0. The number of hydrogen-bond acceptors (Lipinski definition) is 1. The van der Waals surface area contributed by atoms with Gasteiger partial charge in [0.05, 0.1) is 0 Å². The predicted octanol–water partition coefficient (Wildman–Crippen LogP) is 3.20. The molecule has 0 aliphatic carbocycles. The Morgan fingerprint density at radius 1 is 1.46 bits per heavy atom. The molecule has 66 valence electrons. The summed E-state index contributed by atoms with van der Waals surface area (Å²) in [5, 5.41) is 2.17. The van der Waals surface area contributed by atoms with Gasteiger partial charge in [-0.2, -0.15) is 0 Å². The third kappa shape index (κ3) is 1.86. The van der Waals surface area contributed by atoms with Gasteiger partial charge in [0.1, 0.15) is 0 Å². The van der Waals surface area contributed by atoms with E-state index in [4.69, 9.17) is 0 Å². The van der Waals surface area contributed by atoms with E-state index >= 15 is 0 Å². The van der Waals surface area contributed by atoms with E-state index < -0.39 is 0 Å². The van der Waals surface area contributed by atoms with Gasteiger partial charge in [0.25, 0.3) is 0 Å². The summed E-state index contributed by atoms with van der Waals surface area (Å²) in [6, 6.07) is 6.60. The summed E-state index contributed by atoms with van der Waals surface area (Å²) in [6.07, 6.45) is 2.97. The number of rotatable bonds is 3. The Kier molecular flexibility index (Phi) is 2.84. The molecule has 0 bridgehead atoms. The van der Waals surface area contributed by atoms with Crippen molar-refractivity contribution in [3.05, 3.63) is 46.7 Å². The van der Waals surface area contributed by atoms with Crippen LogP contribution in [0.1, 0.15) is 5.56 Å². The van der Waals surface area contributed by atoms with Crippen LogP contribution in [0, 0.1) is 0 Å². The molecular formula is C11H10SSe. The zero-order chi connectivity index (χ0) is 9.10. The molecule has 2 heteroatoms. The molecule has 0 spiro atoms. The van der Waals surface area contributed by atoms with Gasteiger partial charge in [-0.25, -0.2) is 0 Å². The average molecular weight is 253 g/mol. The first-order valence-electron chi connectivity index (χ1n) is 4.13. The monoisotopic (exact) mass is 254 g/mol. The van der Waals surface area contributed by atoms with Crippen molar-refractivity contribution in [1.29, 1.82) is 0 Å². The fourth-order valence-electron chi connectivity index (χ4n) is 1.28. The molecule has 0 atom stereocenters. The Morgan fingerprint density at radius 2 is 2.38 bits per heavy atom. The Hall–Kier alpha value is -0.561. The molecule has 0 aromatic carbocycles. The van der Waals surface area contributed by atoms with Crippen molar-refractivity contribution in [2.45, 2.75) is 6.42 Å². The SMILES string of the molecule is C=CCc1ccsc1-c1ccc[se]1. The molecule has 2 heterocycles. The van der Waals surface area contributed by atoms with Crippen molar-refractivity contribution in [2.24, 2.45) is 0 Å². The van der Waals surface area contributed by atoms with Crippen LogP contribution in [0.5, 0.6) is 0 Å². The minimum absolute atomic E-state index is 0.556. The quantitative estimate of drug-likeness (QED) is 0.582.